The van der Waals surface area contributed by atoms with Crippen molar-refractivity contribution in [2.24, 2.45) is 0 Å². The smallest absolute Gasteiger partial charge is 0.550 e. The van der Waals surface area contributed by atoms with Gasteiger partial charge in [0.05, 0.1) is 0 Å². The molecule has 0 radical (unpaired) electrons. The number of carboxylic acid groups (broad SMARTS) is 2. The fourth-order valence-corrected chi connectivity index (χ4v) is 2.16. The van der Waals surface area contributed by atoms with Crippen LogP contribution in [0.15, 0.2) is 60.7 Å². The van der Waals surface area contributed by atoms with Crippen LogP contribution >= 0.6 is 0 Å². The van der Waals surface area contributed by atoms with Gasteiger partial charge < -0.3 is 19.8 Å². The molecule has 0 spiro atoms. The molecule has 25 heavy (non-hydrogen) atoms. The molecule has 0 fully saturated rings. The van der Waals surface area contributed by atoms with Gasteiger partial charge in [-0.05, 0) is 49.7 Å². The second-order valence-corrected chi connectivity index (χ2v) is 5.42. The van der Waals surface area contributed by atoms with Crippen LogP contribution in [0.1, 0.15) is 36.8 Å². The first kappa shape index (κ1) is 23.1. The number of carbonyl (C=O) groups is 2. The molecule has 0 heterocycles. The van der Waals surface area contributed by atoms with Crippen molar-refractivity contribution < 1.29 is 19.8 Å². The Kier molecular flexibility index (Phi) is 13.4. The molecule has 2 aromatic carbocycles. The van der Waals surface area contributed by atoms with Crippen LogP contribution < -0.4 is 10.2 Å². The summed E-state index contributed by atoms with van der Waals surface area (Å²) in [6.45, 7) is 0. The molecule has 2 aromatic rings. The summed E-state index contributed by atoms with van der Waals surface area (Å²) in [5.74, 6) is -1.93. The zero-order chi connectivity index (χ0) is 17.6. The average molecular weight is 351 g/mol. The van der Waals surface area contributed by atoms with E-state index in [1.54, 1.807) is 0 Å². The maximum Gasteiger partial charge on any atom is 2.00 e. The molecular weight excluding hydrogens is 329 g/mol. The fourth-order valence-electron chi connectivity index (χ4n) is 2.16. The third-order valence-corrected chi connectivity index (χ3v) is 3.38. The predicted molar refractivity (Wildman–Crippen MR) is 94.5 cm³/mol. The van der Waals surface area contributed by atoms with E-state index in [1.165, 1.54) is 11.1 Å². The SMILES string of the molecule is O=C([O-])CCCc1ccccc1.O=C([O-])CCCc1ccccc1.[Mg+2]. The van der Waals surface area contributed by atoms with Gasteiger partial charge in [-0.15, -0.1) is 0 Å². The summed E-state index contributed by atoms with van der Waals surface area (Å²) in [5.41, 5.74) is 2.36. The molecule has 0 aliphatic heterocycles. The number of aliphatic carboxylic acids is 2. The minimum atomic E-state index is -0.967. The molecule has 5 heteroatoms. The van der Waals surface area contributed by atoms with E-state index in [0.717, 1.165) is 12.8 Å². The molecule has 0 bridgehead atoms. The van der Waals surface area contributed by atoms with Crippen molar-refractivity contribution in [2.45, 2.75) is 38.5 Å². The van der Waals surface area contributed by atoms with Crippen LogP contribution in [-0.4, -0.2) is 35.0 Å². The van der Waals surface area contributed by atoms with Gasteiger partial charge >= 0.3 is 23.1 Å². The maximum absolute atomic E-state index is 10.1. The van der Waals surface area contributed by atoms with Gasteiger partial charge in [0.1, 0.15) is 0 Å². The van der Waals surface area contributed by atoms with Crippen molar-refractivity contribution in [3.8, 4) is 0 Å². The van der Waals surface area contributed by atoms with Gasteiger partial charge in [-0.1, -0.05) is 60.7 Å². The molecule has 0 aromatic heterocycles. The van der Waals surface area contributed by atoms with Gasteiger partial charge in [0, 0.05) is 11.9 Å². The van der Waals surface area contributed by atoms with E-state index in [4.69, 9.17) is 0 Å². The van der Waals surface area contributed by atoms with Crippen molar-refractivity contribution in [1.82, 2.24) is 0 Å². The summed E-state index contributed by atoms with van der Waals surface area (Å²) in [4.78, 5) is 20.2. The molecule has 0 aliphatic carbocycles. The molecule has 128 valence electrons. The molecule has 0 atom stereocenters. The number of benzene rings is 2. The molecule has 4 nitrogen and oxygen atoms in total. The van der Waals surface area contributed by atoms with Crippen LogP contribution in [0.25, 0.3) is 0 Å². The molecule has 0 amide bonds. The summed E-state index contributed by atoms with van der Waals surface area (Å²) in [6.07, 6.45) is 3.24. The summed E-state index contributed by atoms with van der Waals surface area (Å²) in [5, 5.41) is 20.2. The molecule has 0 unspecified atom stereocenters. The van der Waals surface area contributed by atoms with Crippen LogP contribution in [-0.2, 0) is 22.4 Å². The normalized spacial score (nSPS) is 9.28. The quantitative estimate of drug-likeness (QED) is 0.669. The molecule has 0 saturated carbocycles. The van der Waals surface area contributed by atoms with Gasteiger partial charge in [-0.2, -0.15) is 0 Å². The van der Waals surface area contributed by atoms with E-state index in [0.29, 0.717) is 12.8 Å². The number of carboxylic acids is 2. The van der Waals surface area contributed by atoms with Crippen LogP contribution in [0.4, 0.5) is 0 Å². The molecule has 0 aliphatic rings. The van der Waals surface area contributed by atoms with E-state index in [9.17, 15) is 19.8 Å². The summed E-state index contributed by atoms with van der Waals surface area (Å²) < 4.78 is 0. The molecule has 0 N–H and O–H groups in total. The first-order chi connectivity index (χ1) is 11.6. The predicted octanol–water partition coefficient (Wildman–Crippen LogP) is 1.14. The van der Waals surface area contributed by atoms with E-state index in [-0.39, 0.29) is 35.9 Å². The van der Waals surface area contributed by atoms with Crippen molar-refractivity contribution in [1.29, 1.82) is 0 Å². The van der Waals surface area contributed by atoms with Crippen LogP contribution in [0, 0.1) is 0 Å². The Bertz CT molecular complexity index is 544. The largest absolute Gasteiger partial charge is 2.00 e. The first-order valence-corrected chi connectivity index (χ1v) is 8.05. The monoisotopic (exact) mass is 350 g/mol. The standard InChI is InChI=1S/2C10H12O2.Mg/c2*11-10(12)8-4-7-9-5-2-1-3-6-9;/h2*1-3,5-6H,4,7-8H2,(H,11,12);/q;;+2/p-2. The van der Waals surface area contributed by atoms with Gasteiger partial charge in [0.15, 0.2) is 0 Å². The van der Waals surface area contributed by atoms with Crippen LogP contribution in [0.5, 0.6) is 0 Å². The van der Waals surface area contributed by atoms with Gasteiger partial charge in [0.2, 0.25) is 0 Å². The molecule has 2 rings (SSSR count). The molecular formula is C20H22MgO4. The zero-order valence-corrected chi connectivity index (χ0v) is 15.8. The average Bonchev–Trinajstić information content (AvgIpc) is 2.57. The van der Waals surface area contributed by atoms with Crippen LogP contribution in [0.2, 0.25) is 0 Å². The minimum absolute atomic E-state index is 0. The zero-order valence-electron chi connectivity index (χ0n) is 14.4. The summed E-state index contributed by atoms with van der Waals surface area (Å²) in [7, 11) is 0. The van der Waals surface area contributed by atoms with Gasteiger partial charge in [-0.3, -0.25) is 0 Å². The minimum Gasteiger partial charge on any atom is -0.550 e. The molecule has 0 saturated heterocycles. The van der Waals surface area contributed by atoms with E-state index in [1.807, 2.05) is 60.7 Å². The van der Waals surface area contributed by atoms with Crippen LogP contribution in [0.3, 0.4) is 0 Å². The van der Waals surface area contributed by atoms with Crippen molar-refractivity contribution in [3.63, 3.8) is 0 Å². The Morgan fingerprint density at radius 2 is 0.960 bits per heavy atom. The third-order valence-electron chi connectivity index (χ3n) is 3.38. The van der Waals surface area contributed by atoms with E-state index < -0.39 is 11.9 Å². The van der Waals surface area contributed by atoms with Crippen molar-refractivity contribution in [3.05, 3.63) is 71.8 Å². The summed E-state index contributed by atoms with van der Waals surface area (Å²) >= 11 is 0. The third kappa shape index (κ3) is 13.1. The van der Waals surface area contributed by atoms with Crippen molar-refractivity contribution in [2.75, 3.05) is 0 Å². The van der Waals surface area contributed by atoms with Gasteiger partial charge in [0.25, 0.3) is 0 Å². The maximum atomic E-state index is 10.1. The summed E-state index contributed by atoms with van der Waals surface area (Å²) in [6, 6.07) is 19.7. The van der Waals surface area contributed by atoms with Gasteiger partial charge in [-0.25, -0.2) is 0 Å². The Labute approximate surface area is 165 Å². The number of carbonyl (C=O) groups excluding carboxylic acids is 2. The number of aryl methyl sites for hydroxylation is 2. The Hall–Kier alpha value is -1.85. The number of hydrogen-bond acceptors (Lipinski definition) is 4. The Morgan fingerprint density at radius 3 is 1.24 bits per heavy atom. The Morgan fingerprint density at radius 1 is 0.640 bits per heavy atom. The van der Waals surface area contributed by atoms with E-state index >= 15 is 0 Å². The van der Waals surface area contributed by atoms with E-state index in [2.05, 4.69) is 0 Å². The Balaban J connectivity index is 0.000000443. The number of hydrogen-bond donors (Lipinski definition) is 0. The second kappa shape index (κ2) is 14.5. The van der Waals surface area contributed by atoms with Crippen molar-refractivity contribution >= 4 is 35.0 Å². The topological polar surface area (TPSA) is 80.3 Å². The fraction of sp³-hybridized carbons (Fsp3) is 0.300. The number of rotatable bonds is 8. The second-order valence-electron chi connectivity index (χ2n) is 5.42. The first-order valence-electron chi connectivity index (χ1n) is 8.05.